The number of aliphatic imine (C=N–C) groups is 1. The molecule has 0 aromatic heterocycles. The summed E-state index contributed by atoms with van der Waals surface area (Å²) in [6, 6.07) is 0. The predicted octanol–water partition coefficient (Wildman–Crippen LogP) is -0.736. The van der Waals surface area contributed by atoms with E-state index < -0.39 is 20.0 Å². The maximum absolute atomic E-state index is 12.4. The SMILES string of the molecule is CCS(=O)(=O)NCCCNC(=NC)N1CCN(S(=O)(=O)CCOC(C)C)CC1. The van der Waals surface area contributed by atoms with Gasteiger partial charge >= 0.3 is 0 Å². The standard InChI is InChI=1S/C16H35N5O5S2/c1-5-27(22,23)19-8-6-7-18-16(17-4)20-9-11-21(12-10-20)28(24,25)14-13-26-15(2)3/h15,19H,5-14H2,1-4H3,(H,17,18). The summed E-state index contributed by atoms with van der Waals surface area (Å²) in [5.41, 5.74) is 0. The molecule has 0 unspecified atom stereocenters. The molecule has 0 bridgehead atoms. The maximum atomic E-state index is 12.4. The Morgan fingerprint density at radius 2 is 1.75 bits per heavy atom. The summed E-state index contributed by atoms with van der Waals surface area (Å²) in [7, 11) is -4.81. The van der Waals surface area contributed by atoms with E-state index in [-0.39, 0.29) is 24.2 Å². The van der Waals surface area contributed by atoms with Crippen molar-refractivity contribution in [3.05, 3.63) is 0 Å². The topological polar surface area (TPSA) is 120 Å². The molecular weight excluding hydrogens is 406 g/mol. The van der Waals surface area contributed by atoms with Crippen molar-refractivity contribution in [2.24, 2.45) is 4.99 Å². The summed E-state index contributed by atoms with van der Waals surface area (Å²) >= 11 is 0. The smallest absolute Gasteiger partial charge is 0.216 e. The van der Waals surface area contributed by atoms with Crippen LogP contribution in [0.3, 0.4) is 0 Å². The Kier molecular flexibility index (Phi) is 10.7. The Morgan fingerprint density at radius 1 is 1.11 bits per heavy atom. The third-order valence-corrected chi connectivity index (χ3v) is 7.51. The average molecular weight is 442 g/mol. The van der Waals surface area contributed by atoms with Gasteiger partial charge in [-0.25, -0.2) is 21.6 Å². The number of rotatable bonds is 11. The van der Waals surface area contributed by atoms with Crippen molar-refractivity contribution in [2.75, 3.05) is 64.4 Å². The first-order valence-corrected chi connectivity index (χ1v) is 12.9. The van der Waals surface area contributed by atoms with Gasteiger partial charge in [-0.05, 0) is 27.2 Å². The Labute approximate surface area is 169 Å². The summed E-state index contributed by atoms with van der Waals surface area (Å²) in [6.45, 7) is 8.39. The van der Waals surface area contributed by atoms with Crippen LogP contribution in [0, 0.1) is 0 Å². The first kappa shape index (κ1) is 25.1. The van der Waals surface area contributed by atoms with Gasteiger partial charge in [0.2, 0.25) is 20.0 Å². The number of sulfonamides is 2. The van der Waals surface area contributed by atoms with Crippen molar-refractivity contribution >= 4 is 26.0 Å². The summed E-state index contributed by atoms with van der Waals surface area (Å²) < 4.78 is 56.9. The molecule has 0 amide bonds. The number of nitrogens with zero attached hydrogens (tertiary/aromatic N) is 3. The molecule has 166 valence electrons. The molecule has 0 atom stereocenters. The summed E-state index contributed by atoms with van der Waals surface area (Å²) in [5.74, 6) is 0.753. The number of hydrogen-bond acceptors (Lipinski definition) is 6. The van der Waals surface area contributed by atoms with Gasteiger partial charge in [0.05, 0.1) is 24.2 Å². The van der Waals surface area contributed by atoms with Gasteiger partial charge in [0.25, 0.3) is 0 Å². The minimum absolute atomic E-state index is 0.00811. The van der Waals surface area contributed by atoms with Crippen LogP contribution in [0.15, 0.2) is 4.99 Å². The van der Waals surface area contributed by atoms with Crippen LogP contribution in [-0.4, -0.2) is 103 Å². The molecule has 0 radical (unpaired) electrons. The molecule has 1 aliphatic heterocycles. The van der Waals surface area contributed by atoms with Gasteiger partial charge in [0.15, 0.2) is 5.96 Å². The minimum Gasteiger partial charge on any atom is -0.378 e. The zero-order valence-electron chi connectivity index (χ0n) is 17.3. The van der Waals surface area contributed by atoms with E-state index in [1.54, 1.807) is 14.0 Å². The van der Waals surface area contributed by atoms with Crippen LogP contribution < -0.4 is 10.0 Å². The van der Waals surface area contributed by atoms with Crippen LogP contribution >= 0.6 is 0 Å². The maximum Gasteiger partial charge on any atom is 0.216 e. The van der Waals surface area contributed by atoms with Crippen LogP contribution in [0.5, 0.6) is 0 Å². The van der Waals surface area contributed by atoms with Crippen LogP contribution in [-0.2, 0) is 24.8 Å². The van der Waals surface area contributed by atoms with E-state index in [2.05, 4.69) is 15.0 Å². The van der Waals surface area contributed by atoms with Crippen LogP contribution in [0.4, 0.5) is 0 Å². The largest absolute Gasteiger partial charge is 0.378 e. The van der Waals surface area contributed by atoms with Crippen LogP contribution in [0.1, 0.15) is 27.2 Å². The molecule has 1 aliphatic rings. The fourth-order valence-corrected chi connectivity index (χ4v) is 4.59. The number of ether oxygens (including phenoxy) is 1. The molecule has 10 nitrogen and oxygen atoms in total. The van der Waals surface area contributed by atoms with Gasteiger partial charge in [0, 0.05) is 46.3 Å². The summed E-state index contributed by atoms with van der Waals surface area (Å²) in [6.07, 6.45) is 0.640. The lowest BCUT2D eigenvalue weighted by Gasteiger charge is -2.35. The lowest BCUT2D eigenvalue weighted by atomic mass is 10.4. The molecule has 0 aromatic carbocycles. The third-order valence-electron chi connectivity index (χ3n) is 4.27. The lowest BCUT2D eigenvalue weighted by Crippen LogP contribution is -2.54. The second kappa shape index (κ2) is 11.9. The van der Waals surface area contributed by atoms with Gasteiger partial charge in [-0.15, -0.1) is 0 Å². The van der Waals surface area contributed by atoms with Crippen molar-refractivity contribution < 1.29 is 21.6 Å². The highest BCUT2D eigenvalue weighted by Gasteiger charge is 2.27. The Morgan fingerprint density at radius 3 is 2.29 bits per heavy atom. The van der Waals surface area contributed by atoms with E-state index >= 15 is 0 Å². The number of guanidine groups is 1. The Hall–Kier alpha value is -0.950. The zero-order valence-corrected chi connectivity index (χ0v) is 19.0. The van der Waals surface area contributed by atoms with Gasteiger partial charge in [-0.1, -0.05) is 0 Å². The highest BCUT2D eigenvalue weighted by molar-refractivity contribution is 7.89. The highest BCUT2D eigenvalue weighted by Crippen LogP contribution is 2.09. The predicted molar refractivity (Wildman–Crippen MR) is 111 cm³/mol. The normalized spacial score (nSPS) is 17.3. The number of piperazine rings is 1. The minimum atomic E-state index is -3.32. The Bertz CT molecular complexity index is 686. The van der Waals surface area contributed by atoms with Crippen molar-refractivity contribution in [3.8, 4) is 0 Å². The van der Waals surface area contributed by atoms with E-state index in [0.29, 0.717) is 51.6 Å². The molecule has 1 heterocycles. The monoisotopic (exact) mass is 441 g/mol. The first-order chi connectivity index (χ1) is 13.1. The molecule has 0 spiro atoms. The average Bonchev–Trinajstić information content (AvgIpc) is 2.64. The van der Waals surface area contributed by atoms with Crippen LogP contribution in [0.25, 0.3) is 0 Å². The fourth-order valence-electron chi connectivity index (χ4n) is 2.65. The second-order valence-corrected chi connectivity index (χ2v) is 10.9. The van der Waals surface area contributed by atoms with Crippen molar-refractivity contribution in [3.63, 3.8) is 0 Å². The molecule has 0 aromatic rings. The molecule has 1 saturated heterocycles. The van der Waals surface area contributed by atoms with E-state index in [4.69, 9.17) is 4.74 Å². The lowest BCUT2D eigenvalue weighted by molar-refractivity contribution is 0.0904. The summed E-state index contributed by atoms with van der Waals surface area (Å²) in [5, 5.41) is 3.20. The Balaban J connectivity index is 2.37. The van der Waals surface area contributed by atoms with Gasteiger partial charge in [-0.2, -0.15) is 4.31 Å². The third kappa shape index (κ3) is 9.03. The summed E-state index contributed by atoms with van der Waals surface area (Å²) in [4.78, 5) is 6.24. The van der Waals surface area contributed by atoms with Crippen LogP contribution in [0.2, 0.25) is 0 Å². The number of nitrogens with one attached hydrogen (secondary N) is 2. The van der Waals surface area contributed by atoms with E-state index in [1.165, 1.54) is 4.31 Å². The van der Waals surface area contributed by atoms with Crippen molar-refractivity contribution in [1.29, 1.82) is 0 Å². The highest BCUT2D eigenvalue weighted by atomic mass is 32.2. The van der Waals surface area contributed by atoms with Gasteiger partial charge in [-0.3, -0.25) is 4.99 Å². The van der Waals surface area contributed by atoms with E-state index in [1.807, 2.05) is 18.7 Å². The molecule has 28 heavy (non-hydrogen) atoms. The molecule has 12 heteroatoms. The van der Waals surface area contributed by atoms with Crippen molar-refractivity contribution in [2.45, 2.75) is 33.3 Å². The molecule has 2 N–H and O–H groups in total. The molecule has 1 fully saturated rings. The second-order valence-electron chi connectivity index (χ2n) is 6.75. The fraction of sp³-hybridized carbons (Fsp3) is 0.938. The molecule has 1 rings (SSSR count). The quantitative estimate of drug-likeness (QED) is 0.246. The molecule has 0 saturated carbocycles. The van der Waals surface area contributed by atoms with E-state index in [9.17, 15) is 16.8 Å². The van der Waals surface area contributed by atoms with Gasteiger partial charge < -0.3 is 15.0 Å². The number of hydrogen-bond donors (Lipinski definition) is 2. The van der Waals surface area contributed by atoms with Gasteiger partial charge in [0.1, 0.15) is 0 Å². The zero-order chi connectivity index (χ0) is 21.2. The molecular formula is C16H35N5O5S2. The first-order valence-electron chi connectivity index (χ1n) is 9.63. The van der Waals surface area contributed by atoms with E-state index in [0.717, 1.165) is 0 Å². The van der Waals surface area contributed by atoms with Crippen molar-refractivity contribution in [1.82, 2.24) is 19.2 Å². The molecule has 0 aliphatic carbocycles.